The Morgan fingerprint density at radius 3 is 2.83 bits per heavy atom. The number of aliphatic imine (C=N–C) groups is 1. The highest BCUT2D eigenvalue weighted by Gasteiger charge is 2.25. The molecule has 1 aromatic rings. The SMILES string of the molecule is CN=C(NCc1ccnc(OC2CCC(C)CC2)c1)N1CCC(COCCOC)C1. The van der Waals surface area contributed by atoms with Crippen LogP contribution in [-0.4, -0.2) is 69.0 Å². The summed E-state index contributed by atoms with van der Waals surface area (Å²) in [6.45, 7) is 7.09. The van der Waals surface area contributed by atoms with Crippen LogP contribution in [0.5, 0.6) is 5.88 Å². The van der Waals surface area contributed by atoms with E-state index in [-0.39, 0.29) is 0 Å². The molecule has 1 aromatic heterocycles. The number of nitrogens with one attached hydrogen (secondary N) is 1. The first-order chi connectivity index (χ1) is 14.7. The second-order valence-corrected chi connectivity index (χ2v) is 8.57. The van der Waals surface area contributed by atoms with E-state index >= 15 is 0 Å². The van der Waals surface area contributed by atoms with Crippen molar-refractivity contribution >= 4 is 5.96 Å². The fraction of sp³-hybridized carbons (Fsp3) is 0.739. The van der Waals surface area contributed by atoms with Gasteiger partial charge in [0, 0.05) is 52.0 Å². The minimum Gasteiger partial charge on any atom is -0.474 e. The Labute approximate surface area is 181 Å². The molecular weight excluding hydrogens is 380 g/mol. The first-order valence-corrected chi connectivity index (χ1v) is 11.3. The monoisotopic (exact) mass is 418 g/mol. The van der Waals surface area contributed by atoms with Crippen LogP contribution in [0, 0.1) is 11.8 Å². The Kier molecular flexibility index (Phi) is 9.21. The zero-order valence-electron chi connectivity index (χ0n) is 18.8. The number of hydrogen-bond donors (Lipinski definition) is 1. The van der Waals surface area contributed by atoms with Gasteiger partial charge in [0.15, 0.2) is 5.96 Å². The van der Waals surface area contributed by atoms with Crippen molar-refractivity contribution in [1.29, 1.82) is 0 Å². The topological polar surface area (TPSA) is 68.2 Å². The van der Waals surface area contributed by atoms with Crippen molar-refractivity contribution in [3.05, 3.63) is 23.9 Å². The van der Waals surface area contributed by atoms with Crippen molar-refractivity contribution in [1.82, 2.24) is 15.2 Å². The van der Waals surface area contributed by atoms with Crippen molar-refractivity contribution in [3.63, 3.8) is 0 Å². The summed E-state index contributed by atoms with van der Waals surface area (Å²) >= 11 is 0. The molecule has 1 aliphatic carbocycles. The number of guanidine groups is 1. The molecule has 3 rings (SSSR count). The summed E-state index contributed by atoms with van der Waals surface area (Å²) in [6, 6.07) is 4.08. The molecule has 1 saturated heterocycles. The second-order valence-electron chi connectivity index (χ2n) is 8.57. The van der Waals surface area contributed by atoms with Gasteiger partial charge in [-0.05, 0) is 49.7 Å². The zero-order chi connectivity index (χ0) is 21.2. The van der Waals surface area contributed by atoms with Gasteiger partial charge in [0.25, 0.3) is 0 Å². The van der Waals surface area contributed by atoms with Crippen molar-refractivity contribution in [3.8, 4) is 5.88 Å². The first kappa shape index (κ1) is 22.8. The number of hydrogen-bond acceptors (Lipinski definition) is 5. The van der Waals surface area contributed by atoms with Crippen LogP contribution in [0.25, 0.3) is 0 Å². The van der Waals surface area contributed by atoms with Gasteiger partial charge < -0.3 is 24.4 Å². The van der Waals surface area contributed by atoms with Gasteiger partial charge in [0.1, 0.15) is 6.10 Å². The number of rotatable bonds is 9. The number of methoxy groups -OCH3 is 1. The van der Waals surface area contributed by atoms with E-state index in [1.807, 2.05) is 19.3 Å². The average Bonchev–Trinajstić information content (AvgIpc) is 3.22. The first-order valence-electron chi connectivity index (χ1n) is 11.3. The van der Waals surface area contributed by atoms with E-state index in [2.05, 4.69) is 33.2 Å². The fourth-order valence-corrected chi connectivity index (χ4v) is 4.21. The highest BCUT2D eigenvalue weighted by Crippen LogP contribution is 2.26. The minimum absolute atomic E-state index is 0.303. The minimum atomic E-state index is 0.303. The van der Waals surface area contributed by atoms with Crippen LogP contribution in [0.3, 0.4) is 0 Å². The van der Waals surface area contributed by atoms with Crippen LogP contribution >= 0.6 is 0 Å². The molecule has 1 saturated carbocycles. The average molecular weight is 419 g/mol. The Morgan fingerprint density at radius 2 is 2.07 bits per heavy atom. The van der Waals surface area contributed by atoms with Crippen molar-refractivity contribution in [2.75, 3.05) is 47.1 Å². The standard InChI is InChI=1S/C23H38N4O3/c1-18-4-6-21(7-5-18)30-22-14-19(8-10-25-22)15-26-23(24-2)27-11-9-20(16-27)17-29-13-12-28-3/h8,10,14,18,20-21H,4-7,9,11-13,15-17H2,1-3H3,(H,24,26). The van der Waals surface area contributed by atoms with Gasteiger partial charge >= 0.3 is 0 Å². The molecule has 0 radical (unpaired) electrons. The Morgan fingerprint density at radius 1 is 1.23 bits per heavy atom. The van der Waals surface area contributed by atoms with Crippen LogP contribution in [0.1, 0.15) is 44.6 Å². The van der Waals surface area contributed by atoms with E-state index in [0.717, 1.165) is 62.3 Å². The summed E-state index contributed by atoms with van der Waals surface area (Å²) in [4.78, 5) is 11.2. The lowest BCUT2D eigenvalue weighted by Gasteiger charge is -2.26. The number of likely N-dealkylation sites (tertiary alicyclic amines) is 1. The highest BCUT2D eigenvalue weighted by molar-refractivity contribution is 5.80. The van der Waals surface area contributed by atoms with Crippen molar-refractivity contribution in [2.45, 2.75) is 51.7 Å². The van der Waals surface area contributed by atoms with E-state index in [1.165, 1.54) is 12.8 Å². The Bertz CT molecular complexity index is 662. The summed E-state index contributed by atoms with van der Waals surface area (Å²) in [5, 5.41) is 3.49. The van der Waals surface area contributed by atoms with Gasteiger partial charge in [-0.2, -0.15) is 0 Å². The maximum atomic E-state index is 6.14. The van der Waals surface area contributed by atoms with Gasteiger partial charge in [0.05, 0.1) is 19.8 Å². The molecule has 1 atom stereocenters. The predicted molar refractivity (Wildman–Crippen MR) is 119 cm³/mol. The molecular formula is C23H38N4O3. The molecule has 7 nitrogen and oxygen atoms in total. The molecule has 2 fully saturated rings. The lowest BCUT2D eigenvalue weighted by atomic mass is 9.89. The molecule has 168 valence electrons. The number of aromatic nitrogens is 1. The number of pyridine rings is 1. The molecule has 2 aliphatic rings. The molecule has 0 bridgehead atoms. The summed E-state index contributed by atoms with van der Waals surface area (Å²) in [7, 11) is 3.54. The van der Waals surface area contributed by atoms with Crippen LogP contribution in [0.15, 0.2) is 23.3 Å². The summed E-state index contributed by atoms with van der Waals surface area (Å²) in [5.41, 5.74) is 1.16. The van der Waals surface area contributed by atoms with E-state index in [4.69, 9.17) is 14.2 Å². The Balaban J connectivity index is 1.44. The van der Waals surface area contributed by atoms with Gasteiger partial charge in [-0.1, -0.05) is 6.92 Å². The van der Waals surface area contributed by atoms with E-state index in [9.17, 15) is 0 Å². The molecule has 30 heavy (non-hydrogen) atoms. The van der Waals surface area contributed by atoms with E-state index < -0.39 is 0 Å². The molecule has 2 heterocycles. The van der Waals surface area contributed by atoms with E-state index in [1.54, 1.807) is 7.11 Å². The normalized spacial score (nSPS) is 24.8. The third kappa shape index (κ3) is 7.13. The summed E-state index contributed by atoms with van der Waals surface area (Å²) in [5.74, 6) is 3.04. The zero-order valence-corrected chi connectivity index (χ0v) is 18.8. The quantitative estimate of drug-likeness (QED) is 0.378. The largest absolute Gasteiger partial charge is 0.474 e. The molecule has 0 amide bonds. The molecule has 1 unspecified atom stereocenters. The van der Waals surface area contributed by atoms with Gasteiger partial charge in [-0.15, -0.1) is 0 Å². The summed E-state index contributed by atoms with van der Waals surface area (Å²) < 4.78 is 16.9. The van der Waals surface area contributed by atoms with Crippen LogP contribution in [0.2, 0.25) is 0 Å². The van der Waals surface area contributed by atoms with Gasteiger partial charge in [-0.3, -0.25) is 4.99 Å². The second kappa shape index (κ2) is 12.1. The third-order valence-corrected chi connectivity index (χ3v) is 6.08. The van der Waals surface area contributed by atoms with Crippen molar-refractivity contribution < 1.29 is 14.2 Å². The predicted octanol–water partition coefficient (Wildman–Crippen LogP) is 3.10. The third-order valence-electron chi connectivity index (χ3n) is 6.08. The van der Waals surface area contributed by atoms with E-state index in [0.29, 0.717) is 31.8 Å². The van der Waals surface area contributed by atoms with Crippen LogP contribution in [-0.2, 0) is 16.0 Å². The molecule has 0 aromatic carbocycles. The lowest BCUT2D eigenvalue weighted by molar-refractivity contribution is 0.0536. The van der Waals surface area contributed by atoms with Gasteiger partial charge in [0.2, 0.25) is 5.88 Å². The number of nitrogens with zero attached hydrogens (tertiary/aromatic N) is 3. The fourth-order valence-electron chi connectivity index (χ4n) is 4.21. The molecule has 1 aliphatic heterocycles. The van der Waals surface area contributed by atoms with Crippen LogP contribution < -0.4 is 10.1 Å². The molecule has 7 heteroatoms. The maximum Gasteiger partial charge on any atom is 0.213 e. The van der Waals surface area contributed by atoms with Gasteiger partial charge in [-0.25, -0.2) is 4.98 Å². The van der Waals surface area contributed by atoms with Crippen molar-refractivity contribution in [2.24, 2.45) is 16.8 Å². The smallest absolute Gasteiger partial charge is 0.213 e. The molecule has 1 N–H and O–H groups in total. The highest BCUT2D eigenvalue weighted by atomic mass is 16.5. The Hall–Kier alpha value is -1.86. The summed E-state index contributed by atoms with van der Waals surface area (Å²) in [6.07, 6.45) is 8.02. The lowest BCUT2D eigenvalue weighted by Crippen LogP contribution is -2.39. The van der Waals surface area contributed by atoms with Crippen LogP contribution in [0.4, 0.5) is 0 Å². The molecule has 0 spiro atoms. The number of ether oxygens (including phenoxy) is 3. The maximum absolute atomic E-state index is 6.14.